The molecule has 1 amide bonds. The number of nitrogens with zero attached hydrogens (tertiary/aromatic N) is 2. The molecule has 17 heavy (non-hydrogen) atoms. The van der Waals surface area contributed by atoms with Crippen molar-refractivity contribution in [2.75, 3.05) is 30.4 Å². The Labute approximate surface area is 102 Å². The third kappa shape index (κ3) is 2.26. The van der Waals surface area contributed by atoms with Crippen molar-refractivity contribution in [2.24, 2.45) is 5.73 Å². The van der Waals surface area contributed by atoms with Crippen LogP contribution < -0.4 is 15.5 Å². The largest absolute Gasteiger partial charge is 0.373 e. The van der Waals surface area contributed by atoms with Gasteiger partial charge in [-0.15, -0.1) is 0 Å². The van der Waals surface area contributed by atoms with Crippen molar-refractivity contribution in [2.45, 2.75) is 19.4 Å². The van der Waals surface area contributed by atoms with Crippen molar-refractivity contribution in [3.05, 3.63) is 23.8 Å². The van der Waals surface area contributed by atoms with Gasteiger partial charge >= 0.3 is 0 Å². The van der Waals surface area contributed by atoms with Crippen LogP contribution in [0, 0.1) is 0 Å². The first-order valence-corrected chi connectivity index (χ1v) is 5.85. The third-order valence-corrected chi connectivity index (χ3v) is 3.14. The van der Waals surface area contributed by atoms with Crippen molar-refractivity contribution < 1.29 is 4.79 Å². The van der Waals surface area contributed by atoms with Gasteiger partial charge in [0.2, 0.25) is 5.91 Å². The summed E-state index contributed by atoms with van der Waals surface area (Å²) in [6, 6.07) is 6.26. The summed E-state index contributed by atoms with van der Waals surface area (Å²) >= 11 is 0. The fraction of sp³-hybridized carbons (Fsp3) is 0.462. The molecule has 1 aliphatic heterocycles. The molecule has 0 bridgehead atoms. The Bertz CT molecular complexity index is 442. The molecule has 4 heteroatoms. The molecule has 2 rings (SSSR count). The number of benzene rings is 1. The minimum atomic E-state index is 0.137. The van der Waals surface area contributed by atoms with E-state index in [0.29, 0.717) is 6.42 Å². The van der Waals surface area contributed by atoms with E-state index in [1.54, 1.807) is 4.90 Å². The predicted octanol–water partition coefficient (Wildman–Crippen LogP) is 0.989. The van der Waals surface area contributed by atoms with E-state index in [4.69, 9.17) is 5.73 Å². The quantitative estimate of drug-likeness (QED) is 0.847. The Kier molecular flexibility index (Phi) is 3.07. The summed E-state index contributed by atoms with van der Waals surface area (Å²) in [6.45, 7) is 2.80. The van der Waals surface area contributed by atoms with Crippen LogP contribution in [0.3, 0.4) is 0 Å². The average molecular weight is 233 g/mol. The Morgan fingerprint density at radius 1 is 1.53 bits per heavy atom. The SMILES string of the molecule is CC(N)CN(C)c1ccc2c(c1)CC(=O)N2C. The molecule has 1 aromatic rings. The van der Waals surface area contributed by atoms with Gasteiger partial charge in [-0.1, -0.05) is 0 Å². The minimum absolute atomic E-state index is 0.137. The van der Waals surface area contributed by atoms with Gasteiger partial charge in [0.25, 0.3) is 0 Å². The van der Waals surface area contributed by atoms with E-state index in [9.17, 15) is 4.79 Å². The van der Waals surface area contributed by atoms with Crippen LogP contribution in [0.1, 0.15) is 12.5 Å². The van der Waals surface area contributed by atoms with Gasteiger partial charge in [-0.05, 0) is 30.7 Å². The van der Waals surface area contributed by atoms with Crippen molar-refractivity contribution in [1.82, 2.24) is 0 Å². The number of carbonyl (C=O) groups is 1. The van der Waals surface area contributed by atoms with Crippen LogP contribution in [-0.4, -0.2) is 32.6 Å². The lowest BCUT2D eigenvalue weighted by atomic mass is 10.1. The molecule has 1 atom stereocenters. The molecule has 0 aliphatic carbocycles. The highest BCUT2D eigenvalue weighted by Crippen LogP contribution is 2.30. The fourth-order valence-corrected chi connectivity index (χ4v) is 2.23. The number of carbonyl (C=O) groups excluding carboxylic acids is 1. The first kappa shape index (κ1) is 11.9. The second-order valence-electron chi connectivity index (χ2n) is 4.80. The summed E-state index contributed by atoms with van der Waals surface area (Å²) in [5, 5.41) is 0. The Morgan fingerprint density at radius 2 is 2.24 bits per heavy atom. The van der Waals surface area contributed by atoms with Crippen LogP contribution in [0.25, 0.3) is 0 Å². The molecular weight excluding hydrogens is 214 g/mol. The van der Waals surface area contributed by atoms with Crippen molar-refractivity contribution in [1.29, 1.82) is 0 Å². The van der Waals surface area contributed by atoms with Crippen LogP contribution in [0.5, 0.6) is 0 Å². The average Bonchev–Trinajstić information content (AvgIpc) is 2.53. The zero-order valence-electron chi connectivity index (χ0n) is 10.6. The molecule has 1 aromatic carbocycles. The lowest BCUT2D eigenvalue weighted by Crippen LogP contribution is -2.32. The molecule has 0 spiro atoms. The Hall–Kier alpha value is -1.55. The van der Waals surface area contributed by atoms with Gasteiger partial charge in [-0.3, -0.25) is 4.79 Å². The topological polar surface area (TPSA) is 49.6 Å². The summed E-state index contributed by atoms with van der Waals surface area (Å²) in [7, 11) is 3.84. The zero-order valence-corrected chi connectivity index (χ0v) is 10.6. The number of rotatable bonds is 3. The zero-order chi connectivity index (χ0) is 12.6. The van der Waals surface area contributed by atoms with E-state index in [0.717, 1.165) is 23.5 Å². The molecule has 4 nitrogen and oxygen atoms in total. The van der Waals surface area contributed by atoms with E-state index < -0.39 is 0 Å². The first-order valence-electron chi connectivity index (χ1n) is 5.85. The number of nitrogens with two attached hydrogens (primary N) is 1. The molecule has 1 unspecified atom stereocenters. The maximum absolute atomic E-state index is 11.6. The molecule has 1 heterocycles. The van der Waals surface area contributed by atoms with Gasteiger partial charge in [0, 0.05) is 38.1 Å². The van der Waals surface area contributed by atoms with E-state index >= 15 is 0 Å². The first-order chi connectivity index (χ1) is 7.99. The Morgan fingerprint density at radius 3 is 2.88 bits per heavy atom. The van der Waals surface area contributed by atoms with Gasteiger partial charge in [0.05, 0.1) is 6.42 Å². The summed E-state index contributed by atoms with van der Waals surface area (Å²) in [6.07, 6.45) is 0.506. The number of hydrogen-bond acceptors (Lipinski definition) is 3. The van der Waals surface area contributed by atoms with Gasteiger partial charge in [0.1, 0.15) is 0 Å². The highest BCUT2D eigenvalue weighted by molar-refractivity contribution is 6.01. The normalized spacial score (nSPS) is 16.0. The molecule has 2 N–H and O–H groups in total. The molecule has 0 saturated carbocycles. The van der Waals surface area contributed by atoms with Gasteiger partial charge in [-0.2, -0.15) is 0 Å². The summed E-state index contributed by atoms with van der Waals surface area (Å²) < 4.78 is 0. The van der Waals surface area contributed by atoms with Crippen LogP contribution >= 0.6 is 0 Å². The standard InChI is InChI=1S/C13H19N3O/c1-9(14)8-15(2)11-4-5-12-10(6-11)7-13(17)16(12)3/h4-6,9H,7-8,14H2,1-3H3. The third-order valence-electron chi connectivity index (χ3n) is 3.14. The van der Waals surface area contributed by atoms with Crippen molar-refractivity contribution in [3.8, 4) is 0 Å². The summed E-state index contributed by atoms with van der Waals surface area (Å²) in [5.74, 6) is 0.159. The van der Waals surface area contributed by atoms with E-state index in [1.807, 2.05) is 33.2 Å². The van der Waals surface area contributed by atoms with E-state index in [1.165, 1.54) is 0 Å². The monoisotopic (exact) mass is 233 g/mol. The van der Waals surface area contributed by atoms with Gasteiger partial charge < -0.3 is 15.5 Å². The van der Waals surface area contributed by atoms with Gasteiger partial charge in [0.15, 0.2) is 0 Å². The molecule has 0 fully saturated rings. The van der Waals surface area contributed by atoms with Crippen LogP contribution in [0.4, 0.5) is 11.4 Å². The summed E-state index contributed by atoms with van der Waals surface area (Å²) in [5.41, 5.74) is 9.02. The number of likely N-dealkylation sites (N-methyl/N-ethyl adjacent to an activating group) is 2. The second kappa shape index (κ2) is 4.37. The highest BCUT2D eigenvalue weighted by atomic mass is 16.2. The van der Waals surface area contributed by atoms with E-state index in [2.05, 4.69) is 11.0 Å². The fourth-order valence-electron chi connectivity index (χ4n) is 2.23. The Balaban J connectivity index is 2.24. The predicted molar refractivity (Wildman–Crippen MR) is 70.5 cm³/mol. The second-order valence-corrected chi connectivity index (χ2v) is 4.80. The van der Waals surface area contributed by atoms with Crippen LogP contribution in [0.15, 0.2) is 18.2 Å². The number of anilines is 2. The maximum Gasteiger partial charge on any atom is 0.231 e. The summed E-state index contributed by atoms with van der Waals surface area (Å²) in [4.78, 5) is 15.4. The van der Waals surface area contributed by atoms with Crippen molar-refractivity contribution >= 4 is 17.3 Å². The van der Waals surface area contributed by atoms with Crippen LogP contribution in [0.2, 0.25) is 0 Å². The molecule has 0 saturated heterocycles. The molecule has 0 aromatic heterocycles. The highest BCUT2D eigenvalue weighted by Gasteiger charge is 2.24. The van der Waals surface area contributed by atoms with Crippen LogP contribution in [-0.2, 0) is 11.2 Å². The minimum Gasteiger partial charge on any atom is -0.373 e. The number of fused-ring (bicyclic) bond motifs is 1. The van der Waals surface area contributed by atoms with Gasteiger partial charge in [-0.25, -0.2) is 0 Å². The lowest BCUT2D eigenvalue weighted by Gasteiger charge is -2.22. The lowest BCUT2D eigenvalue weighted by molar-refractivity contribution is -0.117. The maximum atomic E-state index is 11.6. The van der Waals surface area contributed by atoms with E-state index in [-0.39, 0.29) is 11.9 Å². The molecule has 1 aliphatic rings. The molecular formula is C13H19N3O. The molecule has 0 radical (unpaired) electrons. The molecule has 92 valence electrons. The smallest absolute Gasteiger partial charge is 0.231 e. The number of hydrogen-bond donors (Lipinski definition) is 1. The van der Waals surface area contributed by atoms with Crippen molar-refractivity contribution in [3.63, 3.8) is 0 Å². The number of amides is 1.